The standard InChI is InChI=1S/C26H25N3O4S/c1-15(2)14-32-19-10-8-17(9-11-19)24(31)29-26(34)27-18-12-16(3)23(30)20(13-18)25-28-21-6-4-5-7-22(21)33-25/h4-13,15,30H,14H2,1-3H3,(H2,27,29,31,34). The summed E-state index contributed by atoms with van der Waals surface area (Å²) in [6.45, 7) is 6.51. The maximum Gasteiger partial charge on any atom is 0.257 e. The summed E-state index contributed by atoms with van der Waals surface area (Å²) in [7, 11) is 0. The number of thiocarbonyl (C=S) groups is 1. The molecule has 0 fully saturated rings. The van der Waals surface area contributed by atoms with Crippen molar-refractivity contribution in [3.63, 3.8) is 0 Å². The lowest BCUT2D eigenvalue weighted by atomic mass is 10.1. The molecule has 0 saturated carbocycles. The van der Waals surface area contributed by atoms with E-state index in [9.17, 15) is 9.90 Å². The van der Waals surface area contributed by atoms with E-state index in [0.717, 1.165) is 0 Å². The normalized spacial score (nSPS) is 10.9. The quantitative estimate of drug-likeness (QED) is 0.244. The molecule has 7 nitrogen and oxygen atoms in total. The number of phenols is 1. The molecule has 0 radical (unpaired) electrons. The van der Waals surface area contributed by atoms with Crippen molar-refractivity contribution in [3.8, 4) is 23.0 Å². The smallest absolute Gasteiger partial charge is 0.257 e. The molecule has 34 heavy (non-hydrogen) atoms. The van der Waals surface area contributed by atoms with Gasteiger partial charge in [-0.3, -0.25) is 10.1 Å². The Hall–Kier alpha value is -3.91. The van der Waals surface area contributed by atoms with E-state index in [1.165, 1.54) is 0 Å². The van der Waals surface area contributed by atoms with Crippen LogP contribution in [0.2, 0.25) is 0 Å². The van der Waals surface area contributed by atoms with E-state index in [4.69, 9.17) is 21.4 Å². The third-order valence-electron chi connectivity index (χ3n) is 5.01. The molecule has 0 atom stereocenters. The molecule has 0 unspecified atom stereocenters. The fourth-order valence-corrected chi connectivity index (χ4v) is 3.52. The molecule has 3 N–H and O–H groups in total. The second-order valence-electron chi connectivity index (χ2n) is 8.31. The van der Waals surface area contributed by atoms with Crippen molar-refractivity contribution in [3.05, 3.63) is 71.8 Å². The van der Waals surface area contributed by atoms with E-state index in [2.05, 4.69) is 29.5 Å². The summed E-state index contributed by atoms with van der Waals surface area (Å²) in [5.41, 5.74) is 3.37. The number of aromatic hydroxyl groups is 1. The van der Waals surface area contributed by atoms with Crippen LogP contribution in [-0.2, 0) is 0 Å². The van der Waals surface area contributed by atoms with Crippen LogP contribution < -0.4 is 15.4 Å². The Morgan fingerprint density at radius 3 is 2.59 bits per heavy atom. The van der Waals surface area contributed by atoms with Crippen molar-refractivity contribution in [1.29, 1.82) is 0 Å². The molecule has 1 amide bonds. The van der Waals surface area contributed by atoms with Crippen molar-refractivity contribution in [1.82, 2.24) is 10.3 Å². The Bertz CT molecular complexity index is 1310. The summed E-state index contributed by atoms with van der Waals surface area (Å²) < 4.78 is 11.4. The number of anilines is 1. The van der Waals surface area contributed by atoms with Crippen molar-refractivity contribution >= 4 is 40.0 Å². The zero-order valence-electron chi connectivity index (χ0n) is 19.1. The van der Waals surface area contributed by atoms with Gasteiger partial charge in [0.05, 0.1) is 12.2 Å². The van der Waals surface area contributed by atoms with Crippen LogP contribution in [0.4, 0.5) is 5.69 Å². The largest absolute Gasteiger partial charge is 0.507 e. The minimum atomic E-state index is -0.345. The van der Waals surface area contributed by atoms with E-state index in [1.54, 1.807) is 43.3 Å². The van der Waals surface area contributed by atoms with Crippen LogP contribution in [0.1, 0.15) is 29.8 Å². The minimum Gasteiger partial charge on any atom is -0.507 e. The molecule has 0 spiro atoms. The third kappa shape index (κ3) is 5.35. The van der Waals surface area contributed by atoms with Crippen molar-refractivity contribution in [2.45, 2.75) is 20.8 Å². The highest BCUT2D eigenvalue weighted by molar-refractivity contribution is 7.80. The van der Waals surface area contributed by atoms with Crippen LogP contribution in [0.5, 0.6) is 11.5 Å². The summed E-state index contributed by atoms with van der Waals surface area (Å²) in [4.78, 5) is 17.0. The molecule has 0 aliphatic carbocycles. The van der Waals surface area contributed by atoms with Gasteiger partial charge in [0.2, 0.25) is 5.89 Å². The molecular weight excluding hydrogens is 450 g/mol. The number of benzene rings is 3. The topological polar surface area (TPSA) is 96.6 Å². The number of aryl methyl sites for hydroxylation is 1. The number of para-hydroxylation sites is 2. The van der Waals surface area contributed by atoms with Crippen molar-refractivity contribution in [2.75, 3.05) is 11.9 Å². The number of oxazole rings is 1. The first-order valence-corrected chi connectivity index (χ1v) is 11.3. The zero-order valence-corrected chi connectivity index (χ0v) is 19.9. The van der Waals surface area contributed by atoms with Gasteiger partial charge in [-0.1, -0.05) is 26.0 Å². The number of phenolic OH excluding ortho intramolecular Hbond substituents is 1. The van der Waals surface area contributed by atoms with Gasteiger partial charge in [-0.15, -0.1) is 0 Å². The Morgan fingerprint density at radius 2 is 1.88 bits per heavy atom. The molecule has 1 heterocycles. The monoisotopic (exact) mass is 475 g/mol. The number of hydrogen-bond acceptors (Lipinski definition) is 6. The zero-order chi connectivity index (χ0) is 24.2. The van der Waals surface area contributed by atoms with Gasteiger partial charge in [0.15, 0.2) is 10.7 Å². The third-order valence-corrected chi connectivity index (χ3v) is 5.21. The predicted molar refractivity (Wildman–Crippen MR) is 136 cm³/mol. The van der Waals surface area contributed by atoms with E-state index in [-0.39, 0.29) is 16.8 Å². The molecule has 174 valence electrons. The fourth-order valence-electron chi connectivity index (χ4n) is 3.31. The van der Waals surface area contributed by atoms with Gasteiger partial charge in [0.1, 0.15) is 17.0 Å². The van der Waals surface area contributed by atoms with E-state index in [1.807, 2.05) is 24.3 Å². The fraction of sp³-hybridized carbons (Fsp3) is 0.192. The maximum absolute atomic E-state index is 12.6. The molecule has 1 aromatic heterocycles. The average molecular weight is 476 g/mol. The highest BCUT2D eigenvalue weighted by Crippen LogP contribution is 2.36. The van der Waals surface area contributed by atoms with Gasteiger partial charge in [-0.2, -0.15) is 0 Å². The second-order valence-corrected chi connectivity index (χ2v) is 8.72. The first kappa shape index (κ1) is 23.3. The van der Waals surface area contributed by atoms with Crippen LogP contribution >= 0.6 is 12.2 Å². The van der Waals surface area contributed by atoms with E-state index in [0.29, 0.717) is 57.6 Å². The van der Waals surface area contributed by atoms with Crippen LogP contribution in [0.25, 0.3) is 22.6 Å². The van der Waals surface area contributed by atoms with E-state index < -0.39 is 0 Å². The van der Waals surface area contributed by atoms with E-state index >= 15 is 0 Å². The predicted octanol–water partition coefficient (Wildman–Crippen LogP) is 5.67. The molecule has 4 rings (SSSR count). The average Bonchev–Trinajstić information content (AvgIpc) is 3.24. The maximum atomic E-state index is 12.6. The molecule has 0 saturated heterocycles. The molecule has 4 aromatic rings. The van der Waals surface area contributed by atoms with Crippen LogP contribution in [0.3, 0.4) is 0 Å². The number of carbonyl (C=O) groups excluding carboxylic acids is 1. The number of amides is 1. The molecule has 8 heteroatoms. The van der Waals surface area contributed by atoms with Crippen molar-refractivity contribution < 1.29 is 19.1 Å². The lowest BCUT2D eigenvalue weighted by Gasteiger charge is -2.13. The summed E-state index contributed by atoms with van der Waals surface area (Å²) in [5, 5.41) is 16.4. The number of rotatable bonds is 6. The molecule has 0 aliphatic rings. The summed E-state index contributed by atoms with van der Waals surface area (Å²) in [5.74, 6) is 1.13. The van der Waals surface area contributed by atoms with Gasteiger partial charge in [-0.25, -0.2) is 4.98 Å². The summed E-state index contributed by atoms with van der Waals surface area (Å²) in [6.07, 6.45) is 0. The van der Waals surface area contributed by atoms with Crippen LogP contribution in [0.15, 0.2) is 65.1 Å². The lowest BCUT2D eigenvalue weighted by molar-refractivity contribution is 0.0977. The molecular formula is C26H25N3O4S. The molecule has 0 aliphatic heterocycles. The second kappa shape index (κ2) is 9.93. The summed E-state index contributed by atoms with van der Waals surface area (Å²) in [6, 6.07) is 17.6. The number of nitrogens with zero attached hydrogens (tertiary/aromatic N) is 1. The number of aromatic nitrogens is 1. The number of hydrogen-bond donors (Lipinski definition) is 3. The van der Waals surface area contributed by atoms with Crippen molar-refractivity contribution in [2.24, 2.45) is 5.92 Å². The van der Waals surface area contributed by atoms with Crippen LogP contribution in [-0.4, -0.2) is 27.7 Å². The Balaban J connectivity index is 1.46. The first-order chi connectivity index (χ1) is 16.3. The highest BCUT2D eigenvalue weighted by Gasteiger charge is 2.16. The van der Waals surface area contributed by atoms with Gasteiger partial charge in [0, 0.05) is 11.3 Å². The lowest BCUT2D eigenvalue weighted by Crippen LogP contribution is -2.34. The van der Waals surface area contributed by atoms with Gasteiger partial charge < -0.3 is 19.6 Å². The number of fused-ring (bicyclic) bond motifs is 1. The van der Waals surface area contributed by atoms with Gasteiger partial charge in [0.25, 0.3) is 5.91 Å². The Morgan fingerprint density at radius 1 is 1.15 bits per heavy atom. The SMILES string of the molecule is Cc1cc(NC(=S)NC(=O)c2ccc(OCC(C)C)cc2)cc(-c2nc3ccccc3o2)c1O. The first-order valence-electron chi connectivity index (χ1n) is 10.8. The van der Waals surface area contributed by atoms with Gasteiger partial charge in [-0.05, 0) is 79.2 Å². The Labute approximate surface area is 202 Å². The minimum absolute atomic E-state index is 0.0619. The number of nitrogens with one attached hydrogen (secondary N) is 2. The van der Waals surface area contributed by atoms with Crippen LogP contribution in [0, 0.1) is 12.8 Å². The summed E-state index contributed by atoms with van der Waals surface area (Å²) >= 11 is 5.33. The molecule has 3 aromatic carbocycles. The number of carbonyl (C=O) groups is 1. The number of ether oxygens (including phenoxy) is 1. The Kier molecular flexibility index (Phi) is 6.79. The molecule has 0 bridgehead atoms. The van der Waals surface area contributed by atoms with Gasteiger partial charge >= 0.3 is 0 Å². The highest BCUT2D eigenvalue weighted by atomic mass is 32.1.